The minimum absolute atomic E-state index is 0.0163. The Balaban J connectivity index is 1.52. The Bertz CT molecular complexity index is 652. The average molecular weight is 318 g/mol. The number of para-hydroxylation sites is 1. The summed E-state index contributed by atoms with van der Waals surface area (Å²) in [6.07, 6.45) is 2.03. The highest BCUT2D eigenvalue weighted by Crippen LogP contribution is 2.27. The number of ether oxygens (including phenoxy) is 1. The van der Waals surface area contributed by atoms with Crippen molar-refractivity contribution in [1.29, 1.82) is 0 Å². The third-order valence-electron chi connectivity index (χ3n) is 3.47. The van der Waals surface area contributed by atoms with Crippen LogP contribution in [0.2, 0.25) is 0 Å². The van der Waals surface area contributed by atoms with E-state index in [9.17, 15) is 4.79 Å². The van der Waals surface area contributed by atoms with Gasteiger partial charge >= 0.3 is 0 Å². The number of thioether (sulfide) groups is 1. The second kappa shape index (κ2) is 6.93. The molecule has 7 heteroatoms. The summed E-state index contributed by atoms with van der Waals surface area (Å²) in [4.78, 5) is 16.4. The van der Waals surface area contributed by atoms with Gasteiger partial charge in [0.05, 0.1) is 5.75 Å². The zero-order chi connectivity index (χ0) is 15.4. The van der Waals surface area contributed by atoms with Crippen LogP contribution in [0.15, 0.2) is 29.4 Å². The molecule has 1 aromatic carbocycles. The van der Waals surface area contributed by atoms with Crippen LogP contribution in [0.5, 0.6) is 0 Å². The van der Waals surface area contributed by atoms with Gasteiger partial charge in [-0.15, -0.1) is 5.10 Å². The number of aromatic nitrogens is 3. The van der Waals surface area contributed by atoms with Gasteiger partial charge in [0.15, 0.2) is 5.82 Å². The zero-order valence-corrected chi connectivity index (χ0v) is 13.2. The summed E-state index contributed by atoms with van der Waals surface area (Å²) < 4.78 is 5.55. The van der Waals surface area contributed by atoms with Gasteiger partial charge < -0.3 is 10.1 Å². The van der Waals surface area contributed by atoms with Gasteiger partial charge in [0.25, 0.3) is 0 Å². The molecule has 2 heterocycles. The van der Waals surface area contributed by atoms with Crippen LogP contribution in [0.1, 0.15) is 30.3 Å². The van der Waals surface area contributed by atoms with Crippen molar-refractivity contribution in [2.45, 2.75) is 31.0 Å². The molecule has 1 saturated heterocycles. The Kier molecular flexibility index (Phi) is 4.74. The van der Waals surface area contributed by atoms with Crippen molar-refractivity contribution in [3.8, 4) is 0 Å². The van der Waals surface area contributed by atoms with Crippen molar-refractivity contribution < 1.29 is 9.53 Å². The molecule has 0 unspecified atom stereocenters. The van der Waals surface area contributed by atoms with E-state index in [2.05, 4.69) is 20.5 Å². The SMILES string of the molecule is Cc1ccccc1NC(=O)CSc1n[nH]c([C@H]2CCCO2)n1. The van der Waals surface area contributed by atoms with E-state index in [1.165, 1.54) is 11.8 Å². The van der Waals surface area contributed by atoms with E-state index in [0.29, 0.717) is 5.16 Å². The minimum atomic E-state index is -0.0669. The first-order chi connectivity index (χ1) is 10.7. The van der Waals surface area contributed by atoms with Gasteiger partial charge in [-0.2, -0.15) is 0 Å². The minimum Gasteiger partial charge on any atom is -0.370 e. The number of aryl methyl sites for hydroxylation is 1. The van der Waals surface area contributed by atoms with Gasteiger partial charge in [-0.3, -0.25) is 9.89 Å². The summed E-state index contributed by atoms with van der Waals surface area (Å²) in [7, 11) is 0. The highest BCUT2D eigenvalue weighted by molar-refractivity contribution is 7.99. The first kappa shape index (κ1) is 15.1. The summed E-state index contributed by atoms with van der Waals surface area (Å²) in [6.45, 7) is 2.73. The molecule has 1 fully saturated rings. The molecule has 0 aliphatic carbocycles. The zero-order valence-electron chi connectivity index (χ0n) is 12.3. The van der Waals surface area contributed by atoms with E-state index in [1.807, 2.05) is 31.2 Å². The number of nitrogens with zero attached hydrogens (tertiary/aromatic N) is 2. The Morgan fingerprint density at radius 2 is 2.36 bits per heavy atom. The van der Waals surface area contributed by atoms with Crippen LogP contribution in [0.25, 0.3) is 0 Å². The average Bonchev–Trinajstić information content (AvgIpc) is 3.18. The Hall–Kier alpha value is -1.86. The third kappa shape index (κ3) is 3.66. The highest BCUT2D eigenvalue weighted by Gasteiger charge is 2.21. The first-order valence-corrected chi connectivity index (χ1v) is 8.23. The summed E-state index contributed by atoms with van der Waals surface area (Å²) in [6, 6.07) is 7.70. The van der Waals surface area contributed by atoms with Crippen molar-refractivity contribution in [2.24, 2.45) is 0 Å². The number of H-pyrrole nitrogens is 1. The van der Waals surface area contributed by atoms with E-state index < -0.39 is 0 Å². The highest BCUT2D eigenvalue weighted by atomic mass is 32.2. The van der Waals surface area contributed by atoms with Gasteiger partial charge in [-0.1, -0.05) is 30.0 Å². The predicted molar refractivity (Wildman–Crippen MR) is 84.8 cm³/mol. The second-order valence-corrected chi connectivity index (χ2v) is 6.10. The van der Waals surface area contributed by atoms with Crippen molar-refractivity contribution in [2.75, 3.05) is 17.7 Å². The third-order valence-corrected chi connectivity index (χ3v) is 4.32. The van der Waals surface area contributed by atoms with E-state index in [1.54, 1.807) is 0 Å². The molecule has 1 atom stereocenters. The molecular formula is C15H18N4O2S. The van der Waals surface area contributed by atoms with Crippen molar-refractivity contribution in [3.05, 3.63) is 35.7 Å². The summed E-state index contributed by atoms with van der Waals surface area (Å²) in [5.41, 5.74) is 1.88. The molecule has 116 valence electrons. The van der Waals surface area contributed by atoms with Crippen molar-refractivity contribution >= 4 is 23.4 Å². The fourth-order valence-electron chi connectivity index (χ4n) is 2.29. The number of anilines is 1. The Labute approximate surface area is 133 Å². The predicted octanol–water partition coefficient (Wildman–Crippen LogP) is 2.70. The maximum Gasteiger partial charge on any atom is 0.234 e. The van der Waals surface area contributed by atoms with Gasteiger partial charge in [0.2, 0.25) is 11.1 Å². The molecule has 0 bridgehead atoms. The first-order valence-electron chi connectivity index (χ1n) is 7.24. The van der Waals surface area contributed by atoms with Crippen LogP contribution in [-0.2, 0) is 9.53 Å². The lowest BCUT2D eigenvalue weighted by molar-refractivity contribution is -0.113. The number of carbonyl (C=O) groups excluding carboxylic acids is 1. The molecule has 0 radical (unpaired) electrons. The van der Waals surface area contributed by atoms with Crippen LogP contribution < -0.4 is 5.32 Å². The molecule has 1 aliphatic heterocycles. The molecule has 6 nitrogen and oxygen atoms in total. The summed E-state index contributed by atoms with van der Waals surface area (Å²) >= 11 is 1.31. The summed E-state index contributed by atoms with van der Waals surface area (Å²) in [5.74, 6) is 0.957. The quantitative estimate of drug-likeness (QED) is 0.829. The normalized spacial score (nSPS) is 17.6. The Morgan fingerprint density at radius 1 is 1.50 bits per heavy atom. The molecule has 0 spiro atoms. The topological polar surface area (TPSA) is 79.9 Å². The molecule has 1 aromatic heterocycles. The van der Waals surface area contributed by atoms with Crippen LogP contribution in [-0.4, -0.2) is 33.4 Å². The van der Waals surface area contributed by atoms with Crippen LogP contribution in [0.4, 0.5) is 5.69 Å². The number of carbonyl (C=O) groups is 1. The van der Waals surface area contributed by atoms with Gasteiger partial charge in [0, 0.05) is 12.3 Å². The number of amides is 1. The fourth-order valence-corrected chi connectivity index (χ4v) is 2.89. The smallest absolute Gasteiger partial charge is 0.234 e. The van der Waals surface area contributed by atoms with E-state index in [4.69, 9.17) is 4.74 Å². The van der Waals surface area contributed by atoms with Crippen molar-refractivity contribution in [1.82, 2.24) is 15.2 Å². The second-order valence-electron chi connectivity index (χ2n) is 5.16. The monoisotopic (exact) mass is 318 g/mol. The molecule has 0 saturated carbocycles. The summed E-state index contributed by atoms with van der Waals surface area (Å²) in [5, 5.41) is 10.5. The molecule has 1 aliphatic rings. The van der Waals surface area contributed by atoms with Crippen LogP contribution in [0.3, 0.4) is 0 Å². The molecule has 2 N–H and O–H groups in total. The van der Waals surface area contributed by atoms with E-state index in [-0.39, 0.29) is 17.8 Å². The largest absolute Gasteiger partial charge is 0.370 e. The van der Waals surface area contributed by atoms with Crippen molar-refractivity contribution in [3.63, 3.8) is 0 Å². The van der Waals surface area contributed by atoms with Gasteiger partial charge in [0.1, 0.15) is 6.10 Å². The molecule has 2 aromatic rings. The number of hydrogen-bond acceptors (Lipinski definition) is 5. The van der Waals surface area contributed by atoms with E-state index >= 15 is 0 Å². The van der Waals surface area contributed by atoms with Gasteiger partial charge in [-0.05, 0) is 31.4 Å². The maximum absolute atomic E-state index is 12.0. The lowest BCUT2D eigenvalue weighted by atomic mass is 10.2. The number of rotatable bonds is 5. The molecule has 1 amide bonds. The van der Waals surface area contributed by atoms with Crippen LogP contribution in [0, 0.1) is 6.92 Å². The maximum atomic E-state index is 12.0. The lowest BCUT2D eigenvalue weighted by Crippen LogP contribution is -2.14. The Morgan fingerprint density at radius 3 is 3.14 bits per heavy atom. The number of aromatic amines is 1. The molecule has 3 rings (SSSR count). The number of hydrogen-bond donors (Lipinski definition) is 2. The van der Waals surface area contributed by atoms with Gasteiger partial charge in [-0.25, -0.2) is 4.98 Å². The van der Waals surface area contributed by atoms with Crippen LogP contribution >= 0.6 is 11.8 Å². The standard InChI is InChI=1S/C15H18N4O2S/c1-10-5-2-3-6-11(10)16-13(20)9-22-15-17-14(18-19-15)12-7-4-8-21-12/h2-3,5-6,12H,4,7-9H2,1H3,(H,16,20)(H,17,18,19)/t12-/m1/s1. The van der Waals surface area contributed by atoms with E-state index in [0.717, 1.165) is 36.5 Å². The fraction of sp³-hybridized carbons (Fsp3) is 0.400. The number of nitrogens with one attached hydrogen (secondary N) is 2. The molecule has 22 heavy (non-hydrogen) atoms. The lowest BCUT2D eigenvalue weighted by Gasteiger charge is -2.06. The number of benzene rings is 1. The molecular weight excluding hydrogens is 300 g/mol.